The van der Waals surface area contributed by atoms with E-state index in [1.54, 1.807) is 4.68 Å². The molecule has 0 atom stereocenters. The van der Waals surface area contributed by atoms with Gasteiger partial charge >= 0.3 is 0 Å². The van der Waals surface area contributed by atoms with Gasteiger partial charge in [0.2, 0.25) is 5.91 Å². The predicted molar refractivity (Wildman–Crippen MR) is 110 cm³/mol. The van der Waals surface area contributed by atoms with Gasteiger partial charge in [0.05, 0.1) is 17.8 Å². The van der Waals surface area contributed by atoms with E-state index in [4.69, 9.17) is 0 Å². The van der Waals surface area contributed by atoms with Crippen molar-refractivity contribution >= 4 is 27.9 Å². The predicted octanol–water partition coefficient (Wildman–Crippen LogP) is 3.22. The van der Waals surface area contributed by atoms with E-state index in [0.717, 1.165) is 27.6 Å². The average molecular weight is 401 g/mol. The smallest absolute Gasteiger partial charge is 0.230 e. The van der Waals surface area contributed by atoms with Crippen LogP contribution in [0.3, 0.4) is 0 Å². The molecule has 5 aromatic rings. The van der Waals surface area contributed by atoms with E-state index in [1.807, 2.05) is 70.6 Å². The molecule has 0 aliphatic carbocycles. The summed E-state index contributed by atoms with van der Waals surface area (Å²) in [5.74, 6) is -0.0881. The van der Waals surface area contributed by atoms with Crippen molar-refractivity contribution < 1.29 is 4.79 Å². The van der Waals surface area contributed by atoms with Crippen LogP contribution in [0.15, 0.2) is 72.5 Å². The first kappa shape index (κ1) is 17.3. The molecule has 8 nitrogen and oxygen atoms in total. The number of hydrogen-bond acceptors (Lipinski definition) is 6. The molecular weight excluding hydrogens is 386 g/mol. The van der Waals surface area contributed by atoms with Crippen molar-refractivity contribution in [1.29, 1.82) is 0 Å². The maximum Gasteiger partial charge on any atom is 0.230 e. The lowest BCUT2D eigenvalue weighted by molar-refractivity contribution is -0.115. The summed E-state index contributed by atoms with van der Waals surface area (Å²) in [6, 6.07) is 17.3. The Labute approximate surface area is 169 Å². The largest absolute Gasteiger partial charge is 0.326 e. The molecule has 9 heteroatoms. The number of fused-ring (bicyclic) bond motifs is 1. The van der Waals surface area contributed by atoms with Gasteiger partial charge in [0, 0.05) is 28.5 Å². The Morgan fingerprint density at radius 1 is 1.07 bits per heavy atom. The van der Waals surface area contributed by atoms with E-state index < -0.39 is 0 Å². The molecule has 0 spiro atoms. The zero-order valence-electron chi connectivity index (χ0n) is 15.1. The molecule has 1 N–H and O–H groups in total. The summed E-state index contributed by atoms with van der Waals surface area (Å²) in [6.45, 7) is 0. The standard InChI is InChI=1S/C20H15N7OS/c28-19(22-15-6-8-16(9-7-15)27-13-21-24-25-27)10-17-12-29-20-23-18(11-26(17)20)14-4-2-1-3-5-14/h1-9,11-13H,10H2,(H,22,28). The van der Waals surface area contributed by atoms with Gasteiger partial charge in [-0.05, 0) is 34.7 Å². The summed E-state index contributed by atoms with van der Waals surface area (Å²) < 4.78 is 3.53. The van der Waals surface area contributed by atoms with Gasteiger partial charge in [-0.2, -0.15) is 0 Å². The summed E-state index contributed by atoms with van der Waals surface area (Å²) in [7, 11) is 0. The van der Waals surface area contributed by atoms with E-state index in [1.165, 1.54) is 17.7 Å². The number of aromatic nitrogens is 6. The number of nitrogens with zero attached hydrogens (tertiary/aromatic N) is 6. The summed E-state index contributed by atoms with van der Waals surface area (Å²) >= 11 is 1.53. The van der Waals surface area contributed by atoms with Crippen molar-refractivity contribution in [3.05, 3.63) is 78.2 Å². The van der Waals surface area contributed by atoms with Crippen LogP contribution in [0.2, 0.25) is 0 Å². The first-order valence-electron chi connectivity index (χ1n) is 8.90. The molecule has 0 saturated heterocycles. The molecule has 0 radical (unpaired) electrons. The maximum atomic E-state index is 12.5. The van der Waals surface area contributed by atoms with E-state index in [-0.39, 0.29) is 12.3 Å². The highest BCUT2D eigenvalue weighted by molar-refractivity contribution is 7.15. The molecule has 142 valence electrons. The van der Waals surface area contributed by atoms with Crippen LogP contribution in [0.4, 0.5) is 5.69 Å². The van der Waals surface area contributed by atoms with Crippen LogP contribution < -0.4 is 5.32 Å². The second-order valence-electron chi connectivity index (χ2n) is 6.40. The normalized spacial score (nSPS) is 11.0. The van der Waals surface area contributed by atoms with Crippen LogP contribution in [0.1, 0.15) is 5.69 Å². The second kappa shape index (κ2) is 7.28. The quantitative estimate of drug-likeness (QED) is 0.488. The number of carbonyl (C=O) groups excluding carboxylic acids is 1. The molecular formula is C20H15N7OS. The first-order chi connectivity index (χ1) is 14.3. The summed E-state index contributed by atoms with van der Waals surface area (Å²) in [4.78, 5) is 18.1. The molecule has 0 aliphatic heterocycles. The fourth-order valence-corrected chi connectivity index (χ4v) is 3.92. The van der Waals surface area contributed by atoms with Crippen LogP contribution in [-0.4, -0.2) is 35.5 Å². The topological polar surface area (TPSA) is 90.0 Å². The summed E-state index contributed by atoms with van der Waals surface area (Å²) in [5, 5.41) is 16.0. The fourth-order valence-electron chi connectivity index (χ4n) is 3.05. The Kier molecular flexibility index (Phi) is 4.34. The lowest BCUT2D eigenvalue weighted by Crippen LogP contribution is -2.15. The molecule has 0 unspecified atom stereocenters. The van der Waals surface area contributed by atoms with Gasteiger partial charge in [-0.25, -0.2) is 9.67 Å². The summed E-state index contributed by atoms with van der Waals surface area (Å²) in [5.41, 5.74) is 4.40. The van der Waals surface area contributed by atoms with E-state index in [2.05, 4.69) is 25.8 Å². The minimum atomic E-state index is -0.0881. The maximum absolute atomic E-state index is 12.5. The number of anilines is 1. The van der Waals surface area contributed by atoms with Gasteiger partial charge in [-0.1, -0.05) is 30.3 Å². The van der Waals surface area contributed by atoms with Crippen LogP contribution in [0.25, 0.3) is 21.9 Å². The number of hydrogen-bond donors (Lipinski definition) is 1. The lowest BCUT2D eigenvalue weighted by Gasteiger charge is -2.06. The molecule has 0 saturated carbocycles. The Morgan fingerprint density at radius 2 is 1.90 bits per heavy atom. The van der Waals surface area contributed by atoms with E-state index >= 15 is 0 Å². The Morgan fingerprint density at radius 3 is 2.66 bits per heavy atom. The molecule has 3 heterocycles. The SMILES string of the molecule is O=C(Cc1csc2nc(-c3ccccc3)cn12)Nc1ccc(-n2cnnn2)cc1. The monoisotopic (exact) mass is 401 g/mol. The number of rotatable bonds is 5. The zero-order chi connectivity index (χ0) is 19.6. The molecule has 0 aliphatic rings. The lowest BCUT2D eigenvalue weighted by atomic mass is 10.2. The minimum absolute atomic E-state index is 0.0881. The highest BCUT2D eigenvalue weighted by atomic mass is 32.1. The molecule has 0 bridgehead atoms. The Hall–Kier alpha value is -3.85. The number of nitrogens with one attached hydrogen (secondary N) is 1. The van der Waals surface area contributed by atoms with Gasteiger partial charge in [-0.15, -0.1) is 16.4 Å². The van der Waals surface area contributed by atoms with Crippen molar-refractivity contribution in [2.24, 2.45) is 0 Å². The highest BCUT2D eigenvalue weighted by Gasteiger charge is 2.13. The molecule has 1 amide bonds. The summed E-state index contributed by atoms with van der Waals surface area (Å²) in [6.07, 6.45) is 3.76. The minimum Gasteiger partial charge on any atom is -0.326 e. The average Bonchev–Trinajstić information content (AvgIpc) is 3.48. The van der Waals surface area contributed by atoms with Gasteiger partial charge in [0.1, 0.15) is 6.33 Å². The third kappa shape index (κ3) is 3.50. The van der Waals surface area contributed by atoms with Crippen molar-refractivity contribution in [2.45, 2.75) is 6.42 Å². The molecule has 29 heavy (non-hydrogen) atoms. The van der Waals surface area contributed by atoms with Crippen LogP contribution in [-0.2, 0) is 11.2 Å². The van der Waals surface area contributed by atoms with Gasteiger partial charge < -0.3 is 5.32 Å². The highest BCUT2D eigenvalue weighted by Crippen LogP contribution is 2.24. The van der Waals surface area contributed by atoms with Crippen LogP contribution in [0, 0.1) is 0 Å². The first-order valence-corrected chi connectivity index (χ1v) is 9.78. The van der Waals surface area contributed by atoms with E-state index in [9.17, 15) is 4.79 Å². The second-order valence-corrected chi connectivity index (χ2v) is 7.23. The number of thiazole rings is 1. The van der Waals surface area contributed by atoms with Gasteiger partial charge in [0.25, 0.3) is 0 Å². The molecule has 2 aromatic carbocycles. The van der Waals surface area contributed by atoms with Gasteiger partial charge in [-0.3, -0.25) is 9.20 Å². The Bertz CT molecular complexity index is 1260. The van der Waals surface area contributed by atoms with Crippen molar-refractivity contribution in [3.8, 4) is 16.9 Å². The van der Waals surface area contributed by atoms with Crippen LogP contribution >= 0.6 is 11.3 Å². The van der Waals surface area contributed by atoms with Crippen molar-refractivity contribution in [1.82, 2.24) is 29.6 Å². The Balaban J connectivity index is 1.30. The number of benzene rings is 2. The number of amides is 1. The molecule has 5 rings (SSSR count). The number of carbonyl (C=O) groups is 1. The number of tetrazole rings is 1. The van der Waals surface area contributed by atoms with Gasteiger partial charge in [0.15, 0.2) is 4.96 Å². The molecule has 0 fully saturated rings. The van der Waals surface area contributed by atoms with E-state index in [0.29, 0.717) is 5.69 Å². The van der Waals surface area contributed by atoms with Crippen molar-refractivity contribution in [3.63, 3.8) is 0 Å². The zero-order valence-corrected chi connectivity index (χ0v) is 16.0. The third-order valence-electron chi connectivity index (χ3n) is 4.46. The molecule has 3 aromatic heterocycles. The fraction of sp³-hybridized carbons (Fsp3) is 0.0500. The van der Waals surface area contributed by atoms with Crippen molar-refractivity contribution in [2.75, 3.05) is 5.32 Å². The van der Waals surface area contributed by atoms with Crippen LogP contribution in [0.5, 0.6) is 0 Å². The number of imidazole rings is 1. The third-order valence-corrected chi connectivity index (χ3v) is 5.35.